The number of hydrogen-bond donors (Lipinski definition) is 2. The Hall–Kier alpha value is -2.99. The molecule has 2 aromatic carbocycles. The summed E-state index contributed by atoms with van der Waals surface area (Å²) in [6.45, 7) is 4.58. The first kappa shape index (κ1) is 20.7. The number of fused-ring (bicyclic) bond motifs is 1. The van der Waals surface area contributed by atoms with E-state index in [1.807, 2.05) is 57.4 Å². The molecule has 0 saturated carbocycles. The number of aryl methyl sites for hydroxylation is 2. The number of aromatic amines is 1. The molecule has 0 spiro atoms. The summed E-state index contributed by atoms with van der Waals surface area (Å²) in [6, 6.07) is 11.6. The van der Waals surface area contributed by atoms with Crippen LogP contribution >= 0.6 is 0 Å². The predicted octanol–water partition coefficient (Wildman–Crippen LogP) is 3.83. The van der Waals surface area contributed by atoms with Crippen molar-refractivity contribution in [3.8, 4) is 11.5 Å². The molecular weight excluding hydrogens is 366 g/mol. The summed E-state index contributed by atoms with van der Waals surface area (Å²) < 4.78 is 10.7. The van der Waals surface area contributed by atoms with Gasteiger partial charge in [0.15, 0.2) is 11.5 Å². The molecular formula is C23H29N3O3. The number of likely N-dealkylation sites (N-methyl/N-ethyl adjacent to an activating group) is 1. The summed E-state index contributed by atoms with van der Waals surface area (Å²) in [5.74, 6) is 1.27. The summed E-state index contributed by atoms with van der Waals surface area (Å²) >= 11 is 0. The van der Waals surface area contributed by atoms with E-state index in [1.165, 1.54) is 5.56 Å². The maximum atomic E-state index is 12.8. The van der Waals surface area contributed by atoms with Crippen molar-refractivity contribution in [2.75, 3.05) is 34.9 Å². The van der Waals surface area contributed by atoms with Crippen molar-refractivity contribution in [2.45, 2.75) is 19.9 Å². The van der Waals surface area contributed by atoms with Crippen LogP contribution in [0.15, 0.2) is 36.4 Å². The van der Waals surface area contributed by atoms with E-state index in [-0.39, 0.29) is 11.9 Å². The van der Waals surface area contributed by atoms with Crippen molar-refractivity contribution in [2.24, 2.45) is 0 Å². The Morgan fingerprint density at radius 3 is 2.45 bits per heavy atom. The van der Waals surface area contributed by atoms with Crippen LogP contribution < -0.4 is 14.8 Å². The minimum atomic E-state index is -0.0857. The fourth-order valence-corrected chi connectivity index (χ4v) is 3.55. The molecule has 6 heteroatoms. The monoisotopic (exact) mass is 395 g/mol. The first-order valence-corrected chi connectivity index (χ1v) is 9.61. The lowest BCUT2D eigenvalue weighted by Gasteiger charge is -2.26. The van der Waals surface area contributed by atoms with Gasteiger partial charge in [-0.1, -0.05) is 6.07 Å². The van der Waals surface area contributed by atoms with E-state index in [0.29, 0.717) is 23.6 Å². The molecule has 0 aliphatic carbocycles. The summed E-state index contributed by atoms with van der Waals surface area (Å²) in [5.41, 5.74) is 5.04. The van der Waals surface area contributed by atoms with Gasteiger partial charge in [0.2, 0.25) is 0 Å². The van der Waals surface area contributed by atoms with Gasteiger partial charge in [0.1, 0.15) is 0 Å². The molecule has 1 amide bonds. The number of rotatable bonds is 7. The van der Waals surface area contributed by atoms with Crippen LogP contribution in [0.5, 0.6) is 11.5 Å². The highest BCUT2D eigenvalue weighted by Crippen LogP contribution is 2.31. The highest BCUT2D eigenvalue weighted by Gasteiger charge is 2.18. The Bertz CT molecular complexity index is 1020. The summed E-state index contributed by atoms with van der Waals surface area (Å²) in [4.78, 5) is 18.2. The van der Waals surface area contributed by atoms with Gasteiger partial charge in [0.25, 0.3) is 5.91 Å². The smallest absolute Gasteiger partial charge is 0.251 e. The topological polar surface area (TPSA) is 66.6 Å². The van der Waals surface area contributed by atoms with Crippen molar-refractivity contribution in [1.29, 1.82) is 0 Å². The molecule has 1 heterocycles. The van der Waals surface area contributed by atoms with Crippen molar-refractivity contribution < 1.29 is 14.3 Å². The Morgan fingerprint density at radius 1 is 1.07 bits per heavy atom. The molecule has 1 atom stereocenters. The molecule has 0 fully saturated rings. The third-order valence-corrected chi connectivity index (χ3v) is 5.44. The molecule has 6 nitrogen and oxygen atoms in total. The second kappa shape index (κ2) is 8.57. The third-order valence-electron chi connectivity index (χ3n) is 5.44. The molecule has 0 aliphatic rings. The number of nitrogens with zero attached hydrogens (tertiary/aromatic N) is 1. The zero-order valence-corrected chi connectivity index (χ0v) is 17.9. The summed E-state index contributed by atoms with van der Waals surface area (Å²) in [6.07, 6.45) is 0. The molecule has 3 aromatic rings. The maximum Gasteiger partial charge on any atom is 0.251 e. The van der Waals surface area contributed by atoms with E-state index in [0.717, 1.165) is 22.2 Å². The minimum Gasteiger partial charge on any atom is -0.493 e. The van der Waals surface area contributed by atoms with Gasteiger partial charge in [0, 0.05) is 28.7 Å². The molecule has 1 aromatic heterocycles. The fraction of sp³-hybridized carbons (Fsp3) is 0.348. The number of hydrogen-bond acceptors (Lipinski definition) is 4. The number of ether oxygens (including phenoxy) is 2. The highest BCUT2D eigenvalue weighted by molar-refractivity contribution is 5.99. The lowest BCUT2D eigenvalue weighted by atomic mass is 10.0. The Morgan fingerprint density at radius 2 is 1.79 bits per heavy atom. The average Bonchev–Trinajstić information content (AvgIpc) is 3.00. The molecule has 0 unspecified atom stereocenters. The van der Waals surface area contributed by atoms with Gasteiger partial charge in [-0.05, 0) is 69.4 Å². The lowest BCUT2D eigenvalue weighted by molar-refractivity contribution is 0.0942. The van der Waals surface area contributed by atoms with Crippen LogP contribution in [-0.4, -0.2) is 50.7 Å². The quantitative estimate of drug-likeness (QED) is 0.638. The number of carbonyl (C=O) groups is 1. The van der Waals surface area contributed by atoms with Crippen molar-refractivity contribution >= 4 is 16.8 Å². The fourth-order valence-electron chi connectivity index (χ4n) is 3.55. The van der Waals surface area contributed by atoms with Gasteiger partial charge in [0.05, 0.1) is 20.3 Å². The molecule has 0 saturated heterocycles. The number of amides is 1. The number of benzene rings is 2. The van der Waals surface area contributed by atoms with Gasteiger partial charge < -0.3 is 24.7 Å². The minimum absolute atomic E-state index is 0.00118. The third kappa shape index (κ3) is 4.22. The first-order chi connectivity index (χ1) is 13.8. The van der Waals surface area contributed by atoms with E-state index in [2.05, 4.69) is 22.1 Å². The highest BCUT2D eigenvalue weighted by atomic mass is 16.5. The first-order valence-electron chi connectivity index (χ1n) is 9.61. The van der Waals surface area contributed by atoms with Gasteiger partial charge in [-0.2, -0.15) is 0 Å². The number of nitrogens with one attached hydrogen (secondary N) is 2. The van der Waals surface area contributed by atoms with Crippen LogP contribution in [0.4, 0.5) is 0 Å². The average molecular weight is 396 g/mol. The molecule has 2 N–H and O–H groups in total. The Balaban J connectivity index is 1.78. The molecule has 0 radical (unpaired) electrons. The second-order valence-electron chi connectivity index (χ2n) is 7.44. The molecule has 154 valence electrons. The van der Waals surface area contributed by atoms with Gasteiger partial charge in [-0.3, -0.25) is 4.79 Å². The van der Waals surface area contributed by atoms with Gasteiger partial charge in [-0.25, -0.2) is 0 Å². The number of methoxy groups -OCH3 is 2. The number of aromatic nitrogens is 1. The largest absolute Gasteiger partial charge is 0.493 e. The standard InChI is InChI=1S/C23H29N3O3/c1-14-15(2)25-19-9-7-17(11-18(14)19)23(27)24-13-20(26(3)4)16-8-10-21(28-5)22(12-16)29-6/h7-12,20,25H,13H2,1-6H3,(H,24,27)/t20-/m0/s1. The normalized spacial score (nSPS) is 12.2. The predicted molar refractivity (Wildman–Crippen MR) is 116 cm³/mol. The Kier molecular flexibility index (Phi) is 6.13. The molecule has 0 bridgehead atoms. The zero-order valence-electron chi connectivity index (χ0n) is 17.9. The van der Waals surface area contributed by atoms with Crippen LogP contribution in [0.25, 0.3) is 10.9 Å². The van der Waals surface area contributed by atoms with Gasteiger partial charge >= 0.3 is 0 Å². The number of carbonyl (C=O) groups excluding carboxylic acids is 1. The maximum absolute atomic E-state index is 12.8. The van der Waals surface area contributed by atoms with Crippen LogP contribution in [0.2, 0.25) is 0 Å². The molecule has 29 heavy (non-hydrogen) atoms. The molecule has 0 aliphatic heterocycles. The SMILES string of the molecule is COc1ccc([C@H](CNC(=O)c2ccc3[nH]c(C)c(C)c3c2)N(C)C)cc1OC. The zero-order chi connectivity index (χ0) is 21.1. The lowest BCUT2D eigenvalue weighted by Crippen LogP contribution is -2.34. The van der Waals surface area contributed by atoms with E-state index in [9.17, 15) is 4.79 Å². The summed E-state index contributed by atoms with van der Waals surface area (Å²) in [7, 11) is 7.22. The van der Waals surface area contributed by atoms with Crippen LogP contribution in [-0.2, 0) is 0 Å². The van der Waals surface area contributed by atoms with Crippen LogP contribution in [0, 0.1) is 13.8 Å². The van der Waals surface area contributed by atoms with Crippen molar-refractivity contribution in [3.63, 3.8) is 0 Å². The molecule has 3 rings (SSSR count). The second-order valence-corrected chi connectivity index (χ2v) is 7.44. The number of H-pyrrole nitrogens is 1. The van der Waals surface area contributed by atoms with Crippen molar-refractivity contribution in [3.05, 3.63) is 58.8 Å². The van der Waals surface area contributed by atoms with Crippen LogP contribution in [0.1, 0.15) is 33.2 Å². The van der Waals surface area contributed by atoms with Gasteiger partial charge in [-0.15, -0.1) is 0 Å². The van der Waals surface area contributed by atoms with E-state index in [1.54, 1.807) is 14.2 Å². The van der Waals surface area contributed by atoms with Crippen LogP contribution in [0.3, 0.4) is 0 Å². The van der Waals surface area contributed by atoms with E-state index in [4.69, 9.17) is 9.47 Å². The Labute approximate surface area is 171 Å². The van der Waals surface area contributed by atoms with E-state index < -0.39 is 0 Å². The van der Waals surface area contributed by atoms with Crippen molar-refractivity contribution in [1.82, 2.24) is 15.2 Å². The summed E-state index contributed by atoms with van der Waals surface area (Å²) in [5, 5.41) is 4.16. The van der Waals surface area contributed by atoms with E-state index >= 15 is 0 Å².